The number of benzene rings is 4. The van der Waals surface area contributed by atoms with Crippen LogP contribution in [0.25, 0.3) is 22.3 Å². The second-order valence-electron chi connectivity index (χ2n) is 9.22. The first kappa shape index (κ1) is 27.9. The summed E-state index contributed by atoms with van der Waals surface area (Å²) in [4.78, 5) is 12.6. The van der Waals surface area contributed by atoms with Gasteiger partial charge in [0.1, 0.15) is 0 Å². The number of aryl methyl sites for hydroxylation is 1. The Labute approximate surface area is 225 Å². The summed E-state index contributed by atoms with van der Waals surface area (Å²) >= 11 is 0. The quantitative estimate of drug-likeness (QED) is 0.0878. The molecule has 0 aliphatic rings. The molecular weight excluding hydrogens is 508 g/mol. The van der Waals surface area contributed by atoms with Crippen LogP contribution in [0.15, 0.2) is 72.8 Å². The maximum absolute atomic E-state index is 15.0. The standard InChI is InChI=1S/C32H28F4O3/c1-3-4-5-6-19-38-26-17-18-27(31(36)30(26)35)39-32(37)23-13-11-22(12-14-23)25-16-15-24(28(33)29(25)34)21-9-7-20(2)8-10-21/h7-18H,3-6,19H2,1-2H3. The number of carbonyl (C=O) groups excluding carboxylic acids is 1. The Morgan fingerprint density at radius 2 is 1.18 bits per heavy atom. The summed E-state index contributed by atoms with van der Waals surface area (Å²) in [6.45, 7) is 4.22. The number of halogens is 4. The highest BCUT2D eigenvalue weighted by Crippen LogP contribution is 2.32. The fraction of sp³-hybridized carbons (Fsp3) is 0.219. The zero-order valence-electron chi connectivity index (χ0n) is 21.7. The van der Waals surface area contributed by atoms with Gasteiger partial charge in [0.25, 0.3) is 0 Å². The van der Waals surface area contributed by atoms with E-state index in [1.807, 2.05) is 19.1 Å². The summed E-state index contributed by atoms with van der Waals surface area (Å²) in [6, 6.07) is 17.9. The van der Waals surface area contributed by atoms with Gasteiger partial charge < -0.3 is 9.47 Å². The van der Waals surface area contributed by atoms with Crippen molar-refractivity contribution < 1.29 is 31.8 Å². The molecule has 0 atom stereocenters. The molecule has 0 fully saturated rings. The van der Waals surface area contributed by atoms with Gasteiger partial charge in [0.15, 0.2) is 23.1 Å². The highest BCUT2D eigenvalue weighted by molar-refractivity contribution is 5.91. The smallest absolute Gasteiger partial charge is 0.343 e. The molecule has 0 saturated heterocycles. The van der Waals surface area contributed by atoms with Crippen LogP contribution in [0, 0.1) is 30.2 Å². The van der Waals surface area contributed by atoms with Crippen molar-refractivity contribution in [1.29, 1.82) is 0 Å². The second kappa shape index (κ2) is 12.6. The van der Waals surface area contributed by atoms with E-state index in [9.17, 15) is 22.4 Å². The Balaban J connectivity index is 1.45. The molecule has 0 spiro atoms. The van der Waals surface area contributed by atoms with E-state index < -0.39 is 35.0 Å². The first-order valence-corrected chi connectivity index (χ1v) is 12.8. The van der Waals surface area contributed by atoms with E-state index in [1.165, 1.54) is 42.5 Å². The Morgan fingerprint density at radius 3 is 1.77 bits per heavy atom. The molecule has 0 aliphatic carbocycles. The van der Waals surface area contributed by atoms with Gasteiger partial charge in [0.2, 0.25) is 11.6 Å². The molecule has 0 bridgehead atoms. The maximum atomic E-state index is 15.0. The average molecular weight is 537 g/mol. The molecule has 3 nitrogen and oxygen atoms in total. The van der Waals surface area contributed by atoms with E-state index in [4.69, 9.17) is 9.47 Å². The average Bonchev–Trinajstić information content (AvgIpc) is 2.94. The number of hydrogen-bond donors (Lipinski definition) is 0. The molecule has 39 heavy (non-hydrogen) atoms. The molecule has 4 rings (SSSR count). The maximum Gasteiger partial charge on any atom is 0.343 e. The number of esters is 1. The van der Waals surface area contributed by atoms with E-state index in [2.05, 4.69) is 6.92 Å². The lowest BCUT2D eigenvalue weighted by molar-refractivity contribution is 0.0726. The predicted octanol–water partition coefficient (Wildman–Crippen LogP) is 9.06. The van der Waals surface area contributed by atoms with Crippen LogP contribution in [0.2, 0.25) is 0 Å². The number of ether oxygens (including phenoxy) is 2. The second-order valence-corrected chi connectivity index (χ2v) is 9.22. The van der Waals surface area contributed by atoms with Crippen LogP contribution in [-0.4, -0.2) is 12.6 Å². The lowest BCUT2D eigenvalue weighted by Gasteiger charge is -2.11. The summed E-state index contributed by atoms with van der Waals surface area (Å²) in [5.74, 6) is -6.35. The topological polar surface area (TPSA) is 35.5 Å². The minimum Gasteiger partial charge on any atom is -0.490 e. The molecule has 0 saturated carbocycles. The molecular formula is C32H28F4O3. The SMILES string of the molecule is CCCCCCOc1ccc(OC(=O)c2ccc(-c3ccc(-c4ccc(C)cc4)c(F)c3F)cc2)c(F)c1F. The van der Waals surface area contributed by atoms with Gasteiger partial charge in [-0.25, -0.2) is 13.6 Å². The van der Waals surface area contributed by atoms with Crippen LogP contribution < -0.4 is 9.47 Å². The molecule has 0 amide bonds. The molecule has 0 aliphatic heterocycles. The van der Waals surface area contributed by atoms with Crippen LogP contribution in [0.3, 0.4) is 0 Å². The largest absolute Gasteiger partial charge is 0.490 e. The number of hydrogen-bond acceptors (Lipinski definition) is 3. The third-order valence-corrected chi connectivity index (χ3v) is 6.35. The lowest BCUT2D eigenvalue weighted by atomic mass is 9.98. The highest BCUT2D eigenvalue weighted by Gasteiger charge is 2.20. The molecule has 0 N–H and O–H groups in total. The summed E-state index contributed by atoms with van der Waals surface area (Å²) in [7, 11) is 0. The summed E-state index contributed by atoms with van der Waals surface area (Å²) in [6.07, 6.45) is 3.72. The first-order chi connectivity index (χ1) is 18.8. The number of rotatable bonds is 10. The summed E-state index contributed by atoms with van der Waals surface area (Å²) < 4.78 is 69.1. The Morgan fingerprint density at radius 1 is 0.641 bits per heavy atom. The molecule has 0 heterocycles. The fourth-order valence-corrected chi connectivity index (χ4v) is 4.09. The normalized spacial score (nSPS) is 10.9. The summed E-state index contributed by atoms with van der Waals surface area (Å²) in [5, 5.41) is 0. The van der Waals surface area contributed by atoms with Gasteiger partial charge in [-0.1, -0.05) is 80.3 Å². The van der Waals surface area contributed by atoms with Crippen LogP contribution in [0.4, 0.5) is 17.6 Å². The molecule has 0 unspecified atom stereocenters. The third-order valence-electron chi connectivity index (χ3n) is 6.35. The van der Waals surface area contributed by atoms with Gasteiger partial charge in [0.05, 0.1) is 12.2 Å². The van der Waals surface area contributed by atoms with Gasteiger partial charge >= 0.3 is 5.97 Å². The van der Waals surface area contributed by atoms with E-state index >= 15 is 0 Å². The molecule has 202 valence electrons. The van der Waals surface area contributed by atoms with Crippen molar-refractivity contribution in [2.45, 2.75) is 39.5 Å². The van der Waals surface area contributed by atoms with Gasteiger partial charge in [0, 0.05) is 11.1 Å². The van der Waals surface area contributed by atoms with Crippen molar-refractivity contribution in [3.63, 3.8) is 0 Å². The van der Waals surface area contributed by atoms with E-state index in [0.29, 0.717) is 11.1 Å². The zero-order valence-corrected chi connectivity index (χ0v) is 21.7. The van der Waals surface area contributed by atoms with Crippen molar-refractivity contribution in [2.24, 2.45) is 0 Å². The van der Waals surface area contributed by atoms with Crippen molar-refractivity contribution in [3.8, 4) is 33.8 Å². The van der Waals surface area contributed by atoms with E-state index in [1.54, 1.807) is 12.1 Å². The Kier molecular flexibility index (Phi) is 9.02. The van der Waals surface area contributed by atoms with E-state index in [-0.39, 0.29) is 29.0 Å². The Bertz CT molecular complexity index is 1450. The summed E-state index contributed by atoms with van der Waals surface area (Å²) in [5.41, 5.74) is 2.06. The van der Waals surface area contributed by atoms with E-state index in [0.717, 1.165) is 37.3 Å². The minimum atomic E-state index is -1.34. The van der Waals surface area contributed by atoms with Crippen LogP contribution in [0.5, 0.6) is 11.5 Å². The van der Waals surface area contributed by atoms with Crippen molar-refractivity contribution in [1.82, 2.24) is 0 Å². The predicted molar refractivity (Wildman–Crippen MR) is 143 cm³/mol. The Hall–Kier alpha value is -4.13. The molecule has 0 radical (unpaired) electrons. The van der Waals surface area contributed by atoms with Crippen molar-refractivity contribution >= 4 is 5.97 Å². The fourth-order valence-electron chi connectivity index (χ4n) is 4.09. The third kappa shape index (κ3) is 6.48. The van der Waals surface area contributed by atoms with Gasteiger partial charge in [-0.2, -0.15) is 8.78 Å². The van der Waals surface area contributed by atoms with Gasteiger partial charge in [-0.15, -0.1) is 0 Å². The molecule has 4 aromatic rings. The van der Waals surface area contributed by atoms with Crippen molar-refractivity contribution in [3.05, 3.63) is 107 Å². The molecule has 7 heteroatoms. The monoisotopic (exact) mass is 536 g/mol. The van der Waals surface area contributed by atoms with Crippen LogP contribution in [-0.2, 0) is 0 Å². The van der Waals surface area contributed by atoms with Crippen molar-refractivity contribution in [2.75, 3.05) is 6.61 Å². The molecule has 0 aromatic heterocycles. The van der Waals surface area contributed by atoms with Crippen LogP contribution >= 0.6 is 0 Å². The number of unbranched alkanes of at least 4 members (excludes halogenated alkanes) is 3. The zero-order chi connectivity index (χ0) is 27.9. The first-order valence-electron chi connectivity index (χ1n) is 12.8. The minimum absolute atomic E-state index is 0.0154. The molecule has 4 aromatic carbocycles. The van der Waals surface area contributed by atoms with Gasteiger partial charge in [-0.3, -0.25) is 0 Å². The lowest BCUT2D eigenvalue weighted by Crippen LogP contribution is -2.10. The van der Waals surface area contributed by atoms with Crippen LogP contribution in [0.1, 0.15) is 48.5 Å². The number of carbonyl (C=O) groups is 1. The highest BCUT2D eigenvalue weighted by atomic mass is 19.2. The van der Waals surface area contributed by atoms with Gasteiger partial charge in [-0.05, 0) is 48.7 Å².